The fraction of sp³-hybridized carbons (Fsp3) is 0.379. The molecule has 12 heteroatoms. The summed E-state index contributed by atoms with van der Waals surface area (Å²) in [6, 6.07) is 16.7. The lowest BCUT2D eigenvalue weighted by molar-refractivity contribution is -0.124. The summed E-state index contributed by atoms with van der Waals surface area (Å²) in [6.45, 7) is 1.16. The predicted octanol–water partition coefficient (Wildman–Crippen LogP) is 2.95. The molecule has 3 heterocycles. The van der Waals surface area contributed by atoms with Gasteiger partial charge in [0, 0.05) is 38.1 Å². The molecule has 1 aliphatic carbocycles. The molecule has 6 rings (SSSR count). The summed E-state index contributed by atoms with van der Waals surface area (Å²) in [5.41, 5.74) is 1.92. The number of amides is 2. The quantitative estimate of drug-likeness (QED) is 0.476. The van der Waals surface area contributed by atoms with Crippen molar-refractivity contribution in [2.45, 2.75) is 49.1 Å². The van der Waals surface area contributed by atoms with Crippen LogP contribution in [0.25, 0.3) is 0 Å². The average Bonchev–Trinajstić information content (AvgIpc) is 3.53. The van der Waals surface area contributed by atoms with Gasteiger partial charge in [0.2, 0.25) is 15.9 Å². The first-order valence-electron chi connectivity index (χ1n) is 13.6. The van der Waals surface area contributed by atoms with Gasteiger partial charge in [0.05, 0.1) is 35.1 Å². The minimum absolute atomic E-state index is 0.0525. The van der Waals surface area contributed by atoms with E-state index in [4.69, 9.17) is 9.47 Å². The number of ether oxygens (including phenoxy) is 2. The number of carbonyl (C=O) groups is 2. The van der Waals surface area contributed by atoms with Gasteiger partial charge in [-0.15, -0.1) is 11.3 Å². The van der Waals surface area contributed by atoms with E-state index in [1.54, 1.807) is 0 Å². The number of nitrogens with zero attached hydrogens (tertiary/aromatic N) is 2. The molecule has 3 aliphatic rings. The maximum absolute atomic E-state index is 13.6. The Morgan fingerprint density at radius 2 is 1.76 bits per heavy atom. The van der Waals surface area contributed by atoms with Crippen molar-refractivity contribution in [2.75, 3.05) is 26.7 Å². The summed E-state index contributed by atoms with van der Waals surface area (Å²) in [7, 11) is -2.41. The predicted molar refractivity (Wildman–Crippen MR) is 153 cm³/mol. The Bertz CT molecular complexity index is 1550. The highest BCUT2D eigenvalue weighted by atomic mass is 32.2. The lowest BCUT2D eigenvalue weighted by Gasteiger charge is -2.25. The highest BCUT2D eigenvalue weighted by Crippen LogP contribution is 2.31. The molecule has 1 aromatic heterocycles. The first-order valence-corrected chi connectivity index (χ1v) is 15.9. The number of hydrogen-bond donors (Lipinski definition) is 2. The topological polar surface area (TPSA) is 117 Å². The van der Waals surface area contributed by atoms with Crippen molar-refractivity contribution in [1.29, 1.82) is 0 Å². The van der Waals surface area contributed by atoms with Gasteiger partial charge in [0.1, 0.15) is 11.5 Å². The summed E-state index contributed by atoms with van der Waals surface area (Å²) >= 11 is 1.07. The Labute approximate surface area is 243 Å². The molecule has 41 heavy (non-hydrogen) atoms. The summed E-state index contributed by atoms with van der Waals surface area (Å²) in [4.78, 5) is 27.9. The van der Waals surface area contributed by atoms with Gasteiger partial charge in [-0.2, -0.15) is 4.31 Å². The van der Waals surface area contributed by atoms with Crippen molar-refractivity contribution in [3.63, 3.8) is 0 Å². The summed E-state index contributed by atoms with van der Waals surface area (Å²) < 4.78 is 40.8. The Morgan fingerprint density at radius 3 is 2.49 bits per heavy atom. The molecule has 2 N–H and O–H groups in total. The van der Waals surface area contributed by atoms with E-state index in [1.807, 2.05) is 48.5 Å². The van der Waals surface area contributed by atoms with Gasteiger partial charge in [-0.25, -0.2) is 8.42 Å². The fourth-order valence-electron chi connectivity index (χ4n) is 5.26. The fourth-order valence-corrected chi connectivity index (χ4v) is 7.94. The van der Waals surface area contributed by atoms with Gasteiger partial charge in [0.25, 0.3) is 5.91 Å². The third-order valence-electron chi connectivity index (χ3n) is 7.54. The van der Waals surface area contributed by atoms with E-state index in [-0.39, 0.29) is 43.0 Å². The smallest absolute Gasteiger partial charge is 0.261 e. The van der Waals surface area contributed by atoms with Crippen LogP contribution in [-0.2, 0) is 32.7 Å². The minimum Gasteiger partial charge on any atom is -0.457 e. The van der Waals surface area contributed by atoms with Crippen LogP contribution in [0.5, 0.6) is 11.5 Å². The minimum atomic E-state index is -3.91. The van der Waals surface area contributed by atoms with Crippen LogP contribution in [0.3, 0.4) is 0 Å². The average molecular weight is 597 g/mol. The van der Waals surface area contributed by atoms with Gasteiger partial charge < -0.3 is 20.1 Å². The van der Waals surface area contributed by atoms with E-state index >= 15 is 0 Å². The van der Waals surface area contributed by atoms with E-state index in [1.165, 1.54) is 22.8 Å². The molecule has 1 saturated heterocycles. The third-order valence-corrected chi connectivity index (χ3v) is 10.4. The monoisotopic (exact) mass is 596 g/mol. The first-order chi connectivity index (χ1) is 19.8. The molecule has 3 aromatic rings. The van der Waals surface area contributed by atoms with Crippen LogP contribution in [0.4, 0.5) is 0 Å². The second kappa shape index (κ2) is 11.5. The maximum Gasteiger partial charge on any atom is 0.261 e. The number of benzene rings is 2. The Morgan fingerprint density at radius 1 is 1.02 bits per heavy atom. The van der Waals surface area contributed by atoms with Crippen molar-refractivity contribution >= 4 is 33.2 Å². The SMILES string of the molecule is CNC(=O)c1cc(S(=O)(=O)N2C[C@@H]3NC(=O)CN(C4CC4)Cc4cccc(c4)Oc4cccc(c4)CO[C@H]3C2)cs1. The number of rotatable bonds is 4. The molecule has 2 amide bonds. The highest BCUT2D eigenvalue weighted by Gasteiger charge is 2.42. The number of nitrogens with one attached hydrogen (secondary N) is 2. The number of hydrogen-bond acceptors (Lipinski definition) is 8. The van der Waals surface area contributed by atoms with Gasteiger partial charge in [-0.1, -0.05) is 24.3 Å². The van der Waals surface area contributed by atoms with Crippen molar-refractivity contribution in [3.05, 3.63) is 76.0 Å². The third kappa shape index (κ3) is 6.31. The molecule has 4 bridgehead atoms. The normalized spacial score (nSPS) is 22.4. The molecule has 10 nitrogen and oxygen atoms in total. The van der Waals surface area contributed by atoms with E-state index in [0.29, 0.717) is 23.2 Å². The molecule has 0 unspecified atom stereocenters. The molecule has 2 aliphatic heterocycles. The van der Waals surface area contributed by atoms with Crippen molar-refractivity contribution in [2.24, 2.45) is 0 Å². The largest absolute Gasteiger partial charge is 0.457 e. The molecule has 2 atom stereocenters. The van der Waals surface area contributed by atoms with Crippen LogP contribution in [-0.4, -0.2) is 74.3 Å². The zero-order valence-electron chi connectivity index (χ0n) is 22.6. The molecular formula is C29H32N4O6S2. The molecule has 216 valence electrons. The van der Waals surface area contributed by atoms with E-state index in [2.05, 4.69) is 15.5 Å². The van der Waals surface area contributed by atoms with Crippen LogP contribution in [0.15, 0.2) is 64.9 Å². The molecule has 0 spiro atoms. The summed E-state index contributed by atoms with van der Waals surface area (Å²) in [5, 5.41) is 7.06. The zero-order valence-corrected chi connectivity index (χ0v) is 24.2. The molecular weight excluding hydrogens is 564 g/mol. The highest BCUT2D eigenvalue weighted by molar-refractivity contribution is 7.89. The Kier molecular flexibility index (Phi) is 7.84. The lowest BCUT2D eigenvalue weighted by atomic mass is 10.1. The van der Waals surface area contributed by atoms with Crippen LogP contribution in [0.2, 0.25) is 0 Å². The number of thiophene rings is 1. The van der Waals surface area contributed by atoms with E-state index < -0.39 is 22.2 Å². The zero-order chi connectivity index (χ0) is 28.6. The van der Waals surface area contributed by atoms with Gasteiger partial charge in [-0.3, -0.25) is 14.5 Å². The number of sulfonamides is 1. The number of carbonyl (C=O) groups excluding carboxylic acids is 2. The molecule has 0 radical (unpaired) electrons. The van der Waals surface area contributed by atoms with Crippen molar-refractivity contribution in [1.82, 2.24) is 19.8 Å². The standard InChI is InChI=1S/C29H32N4O6S2/c1-30-29(35)27-12-24(18-40-27)41(36,37)33-14-25-26(15-33)38-17-20-5-3-7-23(11-20)39-22-6-2-4-19(10-22)13-32(21-8-9-21)16-28(34)31-25/h2-7,10-12,18,21,25-26H,8-9,13-17H2,1H3,(H,30,35)(H,31,34)/t25-,26-/m0/s1. The second-order valence-electron chi connectivity index (χ2n) is 10.6. The van der Waals surface area contributed by atoms with Gasteiger partial charge in [-0.05, 0) is 54.3 Å². The van der Waals surface area contributed by atoms with Gasteiger partial charge >= 0.3 is 0 Å². The molecule has 2 fully saturated rings. The van der Waals surface area contributed by atoms with E-state index in [0.717, 1.165) is 41.1 Å². The Balaban J connectivity index is 1.27. The summed E-state index contributed by atoms with van der Waals surface area (Å²) in [6.07, 6.45) is 1.51. The second-order valence-corrected chi connectivity index (χ2v) is 13.5. The molecule has 2 aromatic carbocycles. The van der Waals surface area contributed by atoms with Crippen molar-refractivity contribution in [3.8, 4) is 11.5 Å². The van der Waals surface area contributed by atoms with Crippen LogP contribution >= 0.6 is 11.3 Å². The van der Waals surface area contributed by atoms with E-state index in [9.17, 15) is 18.0 Å². The Hall–Kier alpha value is -3.29. The van der Waals surface area contributed by atoms with Crippen LogP contribution < -0.4 is 15.4 Å². The van der Waals surface area contributed by atoms with Gasteiger partial charge in [0.15, 0.2) is 0 Å². The summed E-state index contributed by atoms with van der Waals surface area (Å²) in [5.74, 6) is 0.886. The maximum atomic E-state index is 13.6. The lowest BCUT2D eigenvalue weighted by Crippen LogP contribution is -2.48. The van der Waals surface area contributed by atoms with Crippen LogP contribution in [0.1, 0.15) is 33.6 Å². The van der Waals surface area contributed by atoms with Crippen molar-refractivity contribution < 1.29 is 27.5 Å². The molecule has 1 saturated carbocycles. The first kappa shape index (κ1) is 27.9. The van der Waals surface area contributed by atoms with Crippen LogP contribution in [0, 0.1) is 0 Å². The number of fused-ring (bicyclic) bond motifs is 5.